The van der Waals surface area contributed by atoms with Crippen LogP contribution in [0.3, 0.4) is 0 Å². The van der Waals surface area contributed by atoms with Gasteiger partial charge in [-0.2, -0.15) is 0 Å². The Balaban J connectivity index is 1.63. The van der Waals surface area contributed by atoms with Gasteiger partial charge in [-0.1, -0.05) is 32.0 Å². The standard InChI is InChI=1S/C40H61N11O8/c1-23(2)20-31(39(58)59)50-35(54)28-15-16-33(52)44-17-7-6-12-29(48-34(53)27(43-3)13-8-18-45-40(41)42)38(57)51-19-9-14-32(51)37(56)49-30(36(55)47-28)21-24-22-46-26-11-5-4-10-25(24)26/h4-5,10-11,22-23,27-32,43,46H,6-9,12-21H2,1-3H3,(H,44,52)(H,47,55)(H,48,53)(H,49,56)(H,50,54)(H,58,59)(H4,41,42,45)/t27-,28-,29-,30-,31-,32-/m0/s1. The molecule has 6 amide bonds. The first-order valence-corrected chi connectivity index (χ1v) is 20.5. The van der Waals surface area contributed by atoms with Crippen LogP contribution in [0.25, 0.3) is 10.9 Å². The molecule has 0 aliphatic carbocycles. The fourth-order valence-electron chi connectivity index (χ4n) is 7.51. The average Bonchev–Trinajstić information content (AvgIpc) is 3.85. The van der Waals surface area contributed by atoms with Gasteiger partial charge >= 0.3 is 5.97 Å². The number of para-hydroxylation sites is 1. The number of hydrogen-bond donors (Lipinski definition) is 10. The minimum absolute atomic E-state index is 0.00451. The Hall–Kier alpha value is -5.72. The van der Waals surface area contributed by atoms with Gasteiger partial charge < -0.3 is 58.4 Å². The van der Waals surface area contributed by atoms with Crippen LogP contribution in [-0.2, 0) is 40.0 Å². The lowest BCUT2D eigenvalue weighted by Gasteiger charge is -2.31. The summed E-state index contributed by atoms with van der Waals surface area (Å²) in [5.41, 5.74) is 12.4. The van der Waals surface area contributed by atoms with Gasteiger partial charge in [-0.15, -0.1) is 0 Å². The fraction of sp³-hybridized carbons (Fsp3) is 0.600. The van der Waals surface area contributed by atoms with Gasteiger partial charge in [0, 0.05) is 49.6 Å². The van der Waals surface area contributed by atoms with E-state index in [4.69, 9.17) is 11.5 Å². The minimum Gasteiger partial charge on any atom is -0.480 e. The Kier molecular flexibility index (Phi) is 17.5. The molecule has 1 aromatic heterocycles. The molecule has 0 radical (unpaired) electrons. The summed E-state index contributed by atoms with van der Waals surface area (Å²) in [5.74, 6) is -4.71. The number of hydrogen-bond acceptors (Lipinski definition) is 9. The molecular formula is C40H61N11O8. The summed E-state index contributed by atoms with van der Waals surface area (Å²) in [7, 11) is 1.64. The van der Waals surface area contributed by atoms with Crippen molar-refractivity contribution in [2.45, 2.75) is 121 Å². The molecule has 59 heavy (non-hydrogen) atoms. The number of rotatable bonds is 14. The molecule has 3 heterocycles. The number of aliphatic imine (C=N–C) groups is 1. The van der Waals surface area contributed by atoms with Crippen LogP contribution in [0.1, 0.15) is 83.6 Å². The lowest BCUT2D eigenvalue weighted by Crippen LogP contribution is -2.59. The number of H-pyrrole nitrogens is 1. The molecule has 324 valence electrons. The van der Waals surface area contributed by atoms with Crippen molar-refractivity contribution in [2.24, 2.45) is 22.4 Å². The number of nitrogens with two attached hydrogens (primary N) is 2. The number of nitrogens with zero attached hydrogens (tertiary/aromatic N) is 2. The minimum atomic E-state index is -1.31. The fourth-order valence-corrected chi connectivity index (χ4v) is 7.51. The van der Waals surface area contributed by atoms with Gasteiger partial charge in [-0.05, 0) is 82.4 Å². The highest BCUT2D eigenvalue weighted by Gasteiger charge is 2.40. The number of carbonyl (C=O) groups is 7. The number of nitrogens with one attached hydrogen (secondary N) is 7. The lowest BCUT2D eigenvalue weighted by molar-refractivity contribution is -0.143. The molecule has 0 saturated carbocycles. The summed E-state index contributed by atoms with van der Waals surface area (Å²) in [4.78, 5) is 104. The first kappa shape index (κ1) is 46.0. The van der Waals surface area contributed by atoms with Gasteiger partial charge in [0.15, 0.2) is 5.96 Å². The van der Waals surface area contributed by atoms with E-state index in [0.29, 0.717) is 50.6 Å². The Morgan fingerprint density at radius 2 is 1.75 bits per heavy atom. The third-order valence-corrected chi connectivity index (χ3v) is 10.7. The second kappa shape index (κ2) is 22.4. The van der Waals surface area contributed by atoms with Crippen molar-refractivity contribution in [2.75, 3.05) is 26.7 Å². The molecule has 19 nitrogen and oxygen atoms in total. The third-order valence-electron chi connectivity index (χ3n) is 10.7. The highest BCUT2D eigenvalue weighted by molar-refractivity contribution is 5.97. The Bertz CT molecular complexity index is 1830. The maximum atomic E-state index is 14.3. The lowest BCUT2D eigenvalue weighted by atomic mass is 10.0. The second-order valence-electron chi connectivity index (χ2n) is 15.6. The molecular weight excluding hydrogens is 763 g/mol. The molecule has 2 fully saturated rings. The molecule has 4 rings (SSSR count). The smallest absolute Gasteiger partial charge is 0.326 e. The maximum absolute atomic E-state index is 14.3. The number of carboxylic acids is 1. The van der Waals surface area contributed by atoms with E-state index in [1.54, 1.807) is 13.2 Å². The highest BCUT2D eigenvalue weighted by atomic mass is 16.4. The first-order valence-electron chi connectivity index (χ1n) is 20.5. The zero-order valence-electron chi connectivity index (χ0n) is 34.2. The third kappa shape index (κ3) is 13.7. The number of aliphatic carboxylic acids is 1. The molecule has 2 saturated heterocycles. The molecule has 6 atom stereocenters. The number of likely N-dealkylation sites (N-methyl/N-ethyl adjacent to an activating group) is 1. The van der Waals surface area contributed by atoms with Gasteiger partial charge in [-0.3, -0.25) is 33.8 Å². The van der Waals surface area contributed by atoms with Crippen LogP contribution in [0.5, 0.6) is 0 Å². The van der Waals surface area contributed by atoms with E-state index < -0.39 is 77.7 Å². The van der Waals surface area contributed by atoms with Crippen LogP contribution in [0.4, 0.5) is 0 Å². The van der Waals surface area contributed by atoms with Crippen molar-refractivity contribution < 1.29 is 38.7 Å². The van der Waals surface area contributed by atoms with Crippen LogP contribution in [0.2, 0.25) is 0 Å². The largest absolute Gasteiger partial charge is 0.480 e. The van der Waals surface area contributed by atoms with Crippen molar-refractivity contribution in [3.05, 3.63) is 36.0 Å². The predicted octanol–water partition coefficient (Wildman–Crippen LogP) is -0.507. The molecule has 0 unspecified atom stereocenters. The predicted molar refractivity (Wildman–Crippen MR) is 220 cm³/mol. The molecule has 2 aliphatic heterocycles. The molecule has 19 heteroatoms. The van der Waals surface area contributed by atoms with Crippen molar-refractivity contribution in [3.8, 4) is 0 Å². The second-order valence-corrected chi connectivity index (χ2v) is 15.6. The van der Waals surface area contributed by atoms with Crippen LogP contribution in [0.15, 0.2) is 35.5 Å². The van der Waals surface area contributed by atoms with Gasteiger partial charge in [0.1, 0.15) is 30.2 Å². The van der Waals surface area contributed by atoms with E-state index in [1.807, 2.05) is 38.1 Å². The summed E-state index contributed by atoms with van der Waals surface area (Å²) in [5, 5.41) is 27.4. The summed E-state index contributed by atoms with van der Waals surface area (Å²) in [6.45, 7) is 4.44. The van der Waals surface area contributed by atoms with Crippen molar-refractivity contribution in [3.63, 3.8) is 0 Å². The van der Waals surface area contributed by atoms with Crippen LogP contribution in [0, 0.1) is 5.92 Å². The van der Waals surface area contributed by atoms with E-state index in [1.165, 1.54) is 4.90 Å². The van der Waals surface area contributed by atoms with E-state index >= 15 is 0 Å². The average molecular weight is 824 g/mol. The highest BCUT2D eigenvalue weighted by Crippen LogP contribution is 2.23. The quantitative estimate of drug-likeness (QED) is 0.0658. The summed E-state index contributed by atoms with van der Waals surface area (Å²) >= 11 is 0. The number of guanidine groups is 1. The molecule has 0 spiro atoms. The van der Waals surface area contributed by atoms with E-state index in [0.717, 1.165) is 10.9 Å². The van der Waals surface area contributed by atoms with Crippen molar-refractivity contribution >= 4 is 58.3 Å². The number of amides is 6. The van der Waals surface area contributed by atoms with E-state index in [9.17, 15) is 38.7 Å². The normalized spacial score (nSPS) is 22.2. The SMILES string of the molecule is CN[C@@H](CCCN=C(N)N)C(=O)N[C@H]1CCCCNC(=O)CC[C@@H](C(=O)N[C@@H](CC(C)C)C(=O)O)NC(=O)[C@H](Cc2c[nH]c3ccccc23)NC(=O)[C@@H]2CCCN2C1=O. The van der Waals surface area contributed by atoms with E-state index in [-0.39, 0.29) is 57.1 Å². The van der Waals surface area contributed by atoms with Gasteiger partial charge in [0.2, 0.25) is 35.4 Å². The zero-order valence-corrected chi connectivity index (χ0v) is 34.2. The first-order chi connectivity index (χ1) is 28.2. The molecule has 12 N–H and O–H groups in total. The van der Waals surface area contributed by atoms with Crippen LogP contribution < -0.4 is 43.4 Å². The summed E-state index contributed by atoms with van der Waals surface area (Å²) in [6, 6.07) is 1.04. The van der Waals surface area contributed by atoms with E-state index in [2.05, 4.69) is 41.9 Å². The summed E-state index contributed by atoms with van der Waals surface area (Å²) in [6.07, 6.45) is 4.36. The Labute approximate surface area is 344 Å². The Morgan fingerprint density at radius 3 is 2.46 bits per heavy atom. The number of carbonyl (C=O) groups excluding carboxylic acids is 6. The molecule has 2 aromatic rings. The van der Waals surface area contributed by atoms with Crippen molar-refractivity contribution in [1.82, 2.24) is 41.8 Å². The van der Waals surface area contributed by atoms with Gasteiger partial charge in [0.25, 0.3) is 0 Å². The number of carboxylic acid groups (broad SMARTS) is 1. The monoisotopic (exact) mass is 823 g/mol. The number of aromatic nitrogens is 1. The molecule has 1 aromatic carbocycles. The molecule has 2 aliphatic rings. The zero-order chi connectivity index (χ0) is 43.1. The van der Waals surface area contributed by atoms with Crippen LogP contribution >= 0.6 is 0 Å². The molecule has 0 bridgehead atoms. The van der Waals surface area contributed by atoms with Crippen LogP contribution in [-0.4, -0.2) is 125 Å². The van der Waals surface area contributed by atoms with Crippen molar-refractivity contribution in [1.29, 1.82) is 0 Å². The number of aromatic amines is 1. The summed E-state index contributed by atoms with van der Waals surface area (Å²) < 4.78 is 0. The maximum Gasteiger partial charge on any atom is 0.326 e. The topological polar surface area (TPSA) is 295 Å². The Morgan fingerprint density at radius 1 is 0.983 bits per heavy atom. The van der Waals surface area contributed by atoms with Gasteiger partial charge in [-0.25, -0.2) is 4.79 Å². The number of fused-ring (bicyclic) bond motifs is 2. The number of benzene rings is 1. The van der Waals surface area contributed by atoms with Gasteiger partial charge in [0.05, 0.1) is 6.04 Å².